The smallest absolute Gasteiger partial charge is 0.326 e. The summed E-state index contributed by atoms with van der Waals surface area (Å²) < 4.78 is 27.3. The van der Waals surface area contributed by atoms with E-state index in [2.05, 4.69) is 0 Å². The number of rotatable bonds is 4. The van der Waals surface area contributed by atoms with Crippen LogP contribution in [0.2, 0.25) is 5.02 Å². The Labute approximate surface area is 147 Å². The van der Waals surface area contributed by atoms with Gasteiger partial charge >= 0.3 is 5.97 Å². The van der Waals surface area contributed by atoms with Gasteiger partial charge in [-0.1, -0.05) is 17.7 Å². The summed E-state index contributed by atoms with van der Waals surface area (Å²) in [5, 5.41) is 9.43. The molecule has 0 aromatic heterocycles. The molecule has 4 nitrogen and oxygen atoms in total. The molecule has 1 N–H and O–H groups in total. The molecule has 0 bridgehead atoms. The SMILES string of the molecule is O=C(O)[C@H]1CCN1C(=O)Cc1cc(Cl)ccc1-c1ccc(F)cc1F. The van der Waals surface area contributed by atoms with Crippen LogP contribution in [-0.4, -0.2) is 34.5 Å². The van der Waals surface area contributed by atoms with Gasteiger partial charge in [0.15, 0.2) is 0 Å². The van der Waals surface area contributed by atoms with E-state index in [0.29, 0.717) is 29.1 Å². The van der Waals surface area contributed by atoms with Crippen LogP contribution in [0, 0.1) is 11.6 Å². The van der Waals surface area contributed by atoms with Crippen molar-refractivity contribution in [2.75, 3.05) is 6.54 Å². The topological polar surface area (TPSA) is 57.6 Å². The van der Waals surface area contributed by atoms with Gasteiger partial charge in [-0.05, 0) is 41.8 Å². The third kappa shape index (κ3) is 3.49. The van der Waals surface area contributed by atoms with Crippen molar-refractivity contribution < 1.29 is 23.5 Å². The second-order valence-electron chi connectivity index (χ2n) is 5.83. The van der Waals surface area contributed by atoms with E-state index in [-0.39, 0.29) is 17.9 Å². The maximum Gasteiger partial charge on any atom is 0.326 e. The Morgan fingerprint density at radius 2 is 1.88 bits per heavy atom. The zero-order valence-corrected chi connectivity index (χ0v) is 13.8. The van der Waals surface area contributed by atoms with Gasteiger partial charge in [0.05, 0.1) is 6.42 Å². The fourth-order valence-electron chi connectivity index (χ4n) is 2.89. The van der Waals surface area contributed by atoms with Crippen LogP contribution >= 0.6 is 11.6 Å². The lowest BCUT2D eigenvalue weighted by Gasteiger charge is -2.38. The number of aliphatic carboxylic acids is 1. The molecule has 0 radical (unpaired) electrons. The third-order valence-electron chi connectivity index (χ3n) is 4.26. The van der Waals surface area contributed by atoms with Gasteiger partial charge in [-0.3, -0.25) is 4.79 Å². The highest BCUT2D eigenvalue weighted by Gasteiger charge is 2.37. The van der Waals surface area contributed by atoms with Crippen molar-refractivity contribution in [1.29, 1.82) is 0 Å². The number of likely N-dealkylation sites (tertiary alicyclic amines) is 1. The summed E-state index contributed by atoms with van der Waals surface area (Å²) >= 11 is 5.99. The monoisotopic (exact) mass is 365 g/mol. The molecule has 1 fully saturated rings. The minimum absolute atomic E-state index is 0.115. The molecule has 1 atom stereocenters. The van der Waals surface area contributed by atoms with Crippen molar-refractivity contribution in [3.8, 4) is 11.1 Å². The highest BCUT2D eigenvalue weighted by atomic mass is 35.5. The summed E-state index contributed by atoms with van der Waals surface area (Å²) in [6.07, 6.45) is 0.298. The molecule has 1 aliphatic rings. The van der Waals surface area contributed by atoms with E-state index in [1.165, 1.54) is 17.0 Å². The lowest BCUT2D eigenvalue weighted by Crippen LogP contribution is -2.55. The van der Waals surface area contributed by atoms with E-state index >= 15 is 0 Å². The van der Waals surface area contributed by atoms with Crippen LogP contribution in [0.4, 0.5) is 8.78 Å². The van der Waals surface area contributed by atoms with Crippen molar-refractivity contribution in [3.05, 3.63) is 58.6 Å². The predicted octanol–water partition coefficient (Wildman–Crippen LogP) is 3.51. The first-order chi connectivity index (χ1) is 11.9. The second-order valence-corrected chi connectivity index (χ2v) is 6.27. The minimum atomic E-state index is -1.05. The normalized spacial score (nSPS) is 16.4. The summed E-state index contributed by atoms with van der Waals surface area (Å²) in [5.41, 5.74) is 1.03. The fourth-order valence-corrected chi connectivity index (χ4v) is 3.08. The summed E-state index contributed by atoms with van der Waals surface area (Å²) in [6, 6.07) is 7.03. The Morgan fingerprint density at radius 1 is 1.16 bits per heavy atom. The molecule has 7 heteroatoms. The summed E-state index contributed by atoms with van der Waals surface area (Å²) in [6.45, 7) is 0.372. The van der Waals surface area contributed by atoms with Gasteiger partial charge in [0.2, 0.25) is 5.91 Å². The van der Waals surface area contributed by atoms with Crippen LogP contribution in [-0.2, 0) is 16.0 Å². The van der Waals surface area contributed by atoms with Crippen molar-refractivity contribution in [3.63, 3.8) is 0 Å². The number of hydrogen-bond donors (Lipinski definition) is 1. The molecule has 2 aromatic carbocycles. The first-order valence-electron chi connectivity index (χ1n) is 7.63. The van der Waals surface area contributed by atoms with Crippen LogP contribution in [0.3, 0.4) is 0 Å². The van der Waals surface area contributed by atoms with Crippen LogP contribution in [0.5, 0.6) is 0 Å². The molecular formula is C18H14ClF2NO3. The van der Waals surface area contributed by atoms with Crippen LogP contribution < -0.4 is 0 Å². The van der Waals surface area contributed by atoms with Crippen molar-refractivity contribution in [2.45, 2.75) is 18.9 Å². The van der Waals surface area contributed by atoms with E-state index in [1.54, 1.807) is 12.1 Å². The molecule has 0 saturated carbocycles. The van der Waals surface area contributed by atoms with Crippen molar-refractivity contribution in [1.82, 2.24) is 4.90 Å². The van der Waals surface area contributed by atoms with Gasteiger partial charge in [0, 0.05) is 23.2 Å². The molecule has 2 aromatic rings. The molecule has 1 saturated heterocycles. The second kappa shape index (κ2) is 6.80. The Balaban J connectivity index is 1.92. The average Bonchev–Trinajstić information content (AvgIpc) is 2.46. The molecule has 1 aliphatic heterocycles. The third-order valence-corrected chi connectivity index (χ3v) is 4.49. The van der Waals surface area contributed by atoms with E-state index in [9.17, 15) is 18.4 Å². The molecule has 3 rings (SSSR count). The number of amides is 1. The molecular weight excluding hydrogens is 352 g/mol. The first kappa shape index (κ1) is 17.4. The van der Waals surface area contributed by atoms with Crippen LogP contribution in [0.15, 0.2) is 36.4 Å². The number of carbonyl (C=O) groups is 2. The quantitative estimate of drug-likeness (QED) is 0.902. The Morgan fingerprint density at radius 3 is 2.48 bits per heavy atom. The summed E-state index contributed by atoms with van der Waals surface area (Å²) in [7, 11) is 0. The largest absolute Gasteiger partial charge is 0.480 e. The maximum absolute atomic E-state index is 14.1. The zero-order valence-electron chi connectivity index (χ0n) is 13.0. The van der Waals surface area contributed by atoms with E-state index in [4.69, 9.17) is 16.7 Å². The van der Waals surface area contributed by atoms with E-state index in [0.717, 1.165) is 12.1 Å². The van der Waals surface area contributed by atoms with Crippen LogP contribution in [0.1, 0.15) is 12.0 Å². The highest BCUT2D eigenvalue weighted by Crippen LogP contribution is 2.30. The first-order valence-corrected chi connectivity index (χ1v) is 8.00. The van der Waals surface area contributed by atoms with Crippen molar-refractivity contribution >= 4 is 23.5 Å². The number of benzene rings is 2. The Hall–Kier alpha value is -2.47. The molecule has 0 spiro atoms. The maximum atomic E-state index is 14.1. The lowest BCUT2D eigenvalue weighted by molar-refractivity contribution is -0.156. The zero-order chi connectivity index (χ0) is 18.1. The molecule has 0 aliphatic carbocycles. The molecule has 1 heterocycles. The molecule has 25 heavy (non-hydrogen) atoms. The molecule has 130 valence electrons. The average molecular weight is 366 g/mol. The van der Waals surface area contributed by atoms with Gasteiger partial charge in [0.25, 0.3) is 0 Å². The standard InChI is InChI=1S/C18H14ClF2NO3/c19-11-1-3-13(14-4-2-12(20)9-15(14)21)10(7-11)8-17(23)22-6-5-16(22)18(24)25/h1-4,7,9,16H,5-6,8H2,(H,24,25)/t16-/m1/s1. The number of nitrogens with zero attached hydrogens (tertiary/aromatic N) is 1. The van der Waals surface area contributed by atoms with Gasteiger partial charge in [0.1, 0.15) is 17.7 Å². The van der Waals surface area contributed by atoms with E-state index in [1.807, 2.05) is 0 Å². The minimum Gasteiger partial charge on any atom is -0.480 e. The number of halogens is 3. The fraction of sp³-hybridized carbons (Fsp3) is 0.222. The van der Waals surface area contributed by atoms with Gasteiger partial charge in [-0.25, -0.2) is 13.6 Å². The highest BCUT2D eigenvalue weighted by molar-refractivity contribution is 6.30. The van der Waals surface area contributed by atoms with Gasteiger partial charge in [-0.2, -0.15) is 0 Å². The lowest BCUT2D eigenvalue weighted by atomic mass is 9.95. The van der Waals surface area contributed by atoms with Crippen molar-refractivity contribution in [2.24, 2.45) is 0 Å². The van der Waals surface area contributed by atoms with E-state index < -0.39 is 23.6 Å². The van der Waals surface area contributed by atoms with Crippen LogP contribution in [0.25, 0.3) is 11.1 Å². The Bertz CT molecular complexity index is 856. The molecule has 0 unspecified atom stereocenters. The predicted molar refractivity (Wildman–Crippen MR) is 88.3 cm³/mol. The summed E-state index contributed by atoms with van der Waals surface area (Å²) in [5.74, 6) is -2.86. The number of carbonyl (C=O) groups excluding carboxylic acids is 1. The Kier molecular flexibility index (Phi) is 4.72. The molecule has 1 amide bonds. The van der Waals surface area contributed by atoms with Gasteiger partial charge < -0.3 is 10.0 Å². The number of carboxylic acids is 1. The number of carboxylic acid groups (broad SMARTS) is 1. The summed E-state index contributed by atoms with van der Waals surface area (Å²) in [4.78, 5) is 24.7. The number of hydrogen-bond acceptors (Lipinski definition) is 2. The van der Waals surface area contributed by atoms with Gasteiger partial charge in [-0.15, -0.1) is 0 Å².